The van der Waals surface area contributed by atoms with Crippen LogP contribution in [0.4, 0.5) is 0 Å². The van der Waals surface area contributed by atoms with E-state index in [-0.39, 0.29) is 17.2 Å². The van der Waals surface area contributed by atoms with Crippen molar-refractivity contribution in [2.45, 2.75) is 12.8 Å². The maximum absolute atomic E-state index is 11.6. The van der Waals surface area contributed by atoms with Crippen LogP contribution >= 0.6 is 12.2 Å². The highest BCUT2D eigenvalue weighted by Gasteiger charge is 2.08. The number of carbonyl (C=O) groups excluding carboxylic acids is 1. The smallest absolute Gasteiger partial charge is 0.255 e. The van der Waals surface area contributed by atoms with Gasteiger partial charge in [-0.15, -0.1) is 0 Å². The third-order valence-corrected chi connectivity index (χ3v) is 2.24. The number of para-hydroxylation sites is 1. The highest BCUT2D eigenvalue weighted by molar-refractivity contribution is 7.80. The molecule has 4 nitrogen and oxygen atoms in total. The zero-order valence-electron chi connectivity index (χ0n) is 8.77. The lowest BCUT2D eigenvalue weighted by atomic mass is 10.2. The number of phenols is 1. The Hall–Kier alpha value is -1.62. The van der Waals surface area contributed by atoms with Gasteiger partial charge in [0.25, 0.3) is 5.91 Å². The van der Waals surface area contributed by atoms with Gasteiger partial charge in [-0.1, -0.05) is 24.4 Å². The molecule has 1 rings (SSSR count). The van der Waals surface area contributed by atoms with Gasteiger partial charge in [-0.05, 0) is 25.0 Å². The summed E-state index contributed by atoms with van der Waals surface area (Å²) in [7, 11) is 0. The second-order valence-electron chi connectivity index (χ2n) is 3.34. The highest BCUT2D eigenvalue weighted by Crippen LogP contribution is 2.14. The number of rotatable bonds is 5. The number of nitrogens with two attached hydrogens (primary N) is 1. The molecule has 0 saturated carbocycles. The fraction of sp³-hybridized carbons (Fsp3) is 0.273. The maximum atomic E-state index is 11.6. The average molecular weight is 238 g/mol. The van der Waals surface area contributed by atoms with E-state index in [9.17, 15) is 9.90 Å². The minimum Gasteiger partial charge on any atom is -0.507 e. The van der Waals surface area contributed by atoms with E-state index in [4.69, 9.17) is 18.0 Å². The first-order valence-electron chi connectivity index (χ1n) is 4.95. The Bertz CT molecular complexity index is 393. The van der Waals surface area contributed by atoms with Crippen molar-refractivity contribution in [2.75, 3.05) is 6.54 Å². The van der Waals surface area contributed by atoms with E-state index in [1.54, 1.807) is 18.2 Å². The van der Waals surface area contributed by atoms with Crippen molar-refractivity contribution >= 4 is 23.1 Å². The fourth-order valence-corrected chi connectivity index (χ4v) is 1.37. The fourth-order valence-electron chi connectivity index (χ4n) is 1.23. The maximum Gasteiger partial charge on any atom is 0.255 e. The number of aromatic hydroxyl groups is 1. The minimum absolute atomic E-state index is 0.0191. The normalized spacial score (nSPS) is 9.75. The van der Waals surface area contributed by atoms with E-state index in [2.05, 4.69) is 5.32 Å². The molecule has 86 valence electrons. The van der Waals surface area contributed by atoms with Crippen LogP contribution in [0.1, 0.15) is 23.2 Å². The third-order valence-electron chi connectivity index (χ3n) is 2.03. The number of benzene rings is 1. The second kappa shape index (κ2) is 6.07. The molecule has 0 bridgehead atoms. The molecule has 16 heavy (non-hydrogen) atoms. The molecule has 0 aromatic heterocycles. The average Bonchev–Trinajstić information content (AvgIpc) is 2.24. The van der Waals surface area contributed by atoms with Crippen molar-refractivity contribution < 1.29 is 9.90 Å². The predicted molar refractivity (Wildman–Crippen MR) is 66.5 cm³/mol. The summed E-state index contributed by atoms with van der Waals surface area (Å²) in [5.74, 6) is -0.310. The summed E-state index contributed by atoms with van der Waals surface area (Å²) >= 11 is 4.71. The molecular weight excluding hydrogens is 224 g/mol. The Balaban J connectivity index is 2.41. The Labute approximate surface area is 99.5 Å². The van der Waals surface area contributed by atoms with Crippen LogP contribution in [0.15, 0.2) is 24.3 Å². The van der Waals surface area contributed by atoms with E-state index in [1.165, 1.54) is 6.07 Å². The van der Waals surface area contributed by atoms with Gasteiger partial charge in [0.1, 0.15) is 5.75 Å². The van der Waals surface area contributed by atoms with Crippen molar-refractivity contribution in [3.63, 3.8) is 0 Å². The first-order valence-corrected chi connectivity index (χ1v) is 5.36. The predicted octanol–water partition coefficient (Wildman–Crippen LogP) is 1.19. The van der Waals surface area contributed by atoms with E-state index in [0.717, 1.165) is 0 Å². The van der Waals surface area contributed by atoms with Crippen LogP contribution in [0.25, 0.3) is 0 Å². The van der Waals surface area contributed by atoms with Gasteiger partial charge in [-0.2, -0.15) is 0 Å². The number of hydrogen-bond acceptors (Lipinski definition) is 3. The van der Waals surface area contributed by atoms with E-state index >= 15 is 0 Å². The second-order valence-corrected chi connectivity index (χ2v) is 3.87. The molecule has 0 aliphatic heterocycles. The molecule has 1 amide bonds. The number of phenolic OH excluding ortho intramolecular Hbond substituents is 1. The van der Waals surface area contributed by atoms with Gasteiger partial charge < -0.3 is 16.2 Å². The molecule has 0 saturated heterocycles. The van der Waals surface area contributed by atoms with Crippen LogP contribution in [0.5, 0.6) is 5.75 Å². The molecule has 4 N–H and O–H groups in total. The number of carbonyl (C=O) groups is 1. The lowest BCUT2D eigenvalue weighted by molar-refractivity contribution is 0.0951. The highest BCUT2D eigenvalue weighted by atomic mass is 32.1. The van der Waals surface area contributed by atoms with E-state index in [1.807, 2.05) is 0 Å². The first-order chi connectivity index (χ1) is 7.61. The van der Waals surface area contributed by atoms with Crippen LogP contribution in [-0.4, -0.2) is 22.5 Å². The summed E-state index contributed by atoms with van der Waals surface area (Å²) in [5, 5.41) is 12.1. The number of nitrogens with one attached hydrogen (secondary N) is 1. The van der Waals surface area contributed by atoms with Crippen LogP contribution in [0, 0.1) is 0 Å². The monoisotopic (exact) mass is 238 g/mol. The molecule has 0 spiro atoms. The van der Waals surface area contributed by atoms with Gasteiger partial charge >= 0.3 is 0 Å². The quantitative estimate of drug-likeness (QED) is 0.532. The largest absolute Gasteiger partial charge is 0.507 e. The molecule has 0 heterocycles. The summed E-state index contributed by atoms with van der Waals surface area (Å²) in [5.41, 5.74) is 5.60. The Morgan fingerprint density at radius 1 is 1.44 bits per heavy atom. The molecule has 5 heteroatoms. The van der Waals surface area contributed by atoms with Gasteiger partial charge in [0.2, 0.25) is 0 Å². The van der Waals surface area contributed by atoms with Crippen molar-refractivity contribution in [3.05, 3.63) is 29.8 Å². The molecule has 0 aliphatic carbocycles. The number of thiocarbonyl (C=S) groups is 1. The van der Waals surface area contributed by atoms with Crippen LogP contribution in [-0.2, 0) is 0 Å². The van der Waals surface area contributed by atoms with E-state index < -0.39 is 0 Å². The zero-order valence-corrected chi connectivity index (χ0v) is 9.59. The van der Waals surface area contributed by atoms with Gasteiger partial charge in [0.05, 0.1) is 10.6 Å². The molecule has 0 fully saturated rings. The summed E-state index contributed by atoms with van der Waals surface area (Å²) < 4.78 is 0. The minimum atomic E-state index is -0.291. The van der Waals surface area contributed by atoms with Crippen molar-refractivity contribution in [2.24, 2.45) is 5.73 Å². The van der Waals surface area contributed by atoms with Crippen molar-refractivity contribution in [1.29, 1.82) is 0 Å². The van der Waals surface area contributed by atoms with Gasteiger partial charge in [0, 0.05) is 6.54 Å². The topological polar surface area (TPSA) is 75.3 Å². The van der Waals surface area contributed by atoms with Gasteiger partial charge in [0.15, 0.2) is 0 Å². The number of amides is 1. The summed E-state index contributed by atoms with van der Waals surface area (Å²) in [6.07, 6.45) is 1.31. The van der Waals surface area contributed by atoms with E-state index in [0.29, 0.717) is 24.4 Å². The molecule has 0 atom stereocenters. The number of hydrogen-bond donors (Lipinski definition) is 3. The van der Waals surface area contributed by atoms with Crippen molar-refractivity contribution in [1.82, 2.24) is 5.32 Å². The van der Waals surface area contributed by atoms with Gasteiger partial charge in [-0.25, -0.2) is 0 Å². The molecule has 1 aromatic rings. The standard InChI is InChI=1S/C11H14N2O2S/c12-10(16)6-3-7-13-11(15)8-4-1-2-5-9(8)14/h1-2,4-5,14H,3,6-7H2,(H2,12,16)(H,13,15). The SMILES string of the molecule is NC(=S)CCCNC(=O)c1ccccc1O. The molecule has 1 aromatic carbocycles. The molecule has 0 unspecified atom stereocenters. The summed E-state index contributed by atoms with van der Waals surface area (Å²) in [6, 6.07) is 6.41. The molecule has 0 radical (unpaired) electrons. The zero-order chi connectivity index (χ0) is 12.0. The Kier molecular flexibility index (Phi) is 4.72. The lowest BCUT2D eigenvalue weighted by Crippen LogP contribution is -2.25. The van der Waals surface area contributed by atoms with Crippen LogP contribution in [0.2, 0.25) is 0 Å². The summed E-state index contributed by atoms with van der Waals surface area (Å²) in [4.78, 5) is 12.0. The Morgan fingerprint density at radius 2 is 2.12 bits per heavy atom. The third kappa shape index (κ3) is 3.86. The van der Waals surface area contributed by atoms with Crippen LogP contribution < -0.4 is 11.1 Å². The van der Waals surface area contributed by atoms with Crippen molar-refractivity contribution in [3.8, 4) is 5.75 Å². The molecular formula is C11H14N2O2S. The summed E-state index contributed by atoms with van der Waals surface area (Å²) in [6.45, 7) is 0.491. The van der Waals surface area contributed by atoms with Crippen LogP contribution in [0.3, 0.4) is 0 Å². The van der Waals surface area contributed by atoms with Gasteiger partial charge in [-0.3, -0.25) is 4.79 Å². The Morgan fingerprint density at radius 3 is 2.75 bits per heavy atom. The molecule has 0 aliphatic rings. The first kappa shape index (κ1) is 12.4. The lowest BCUT2D eigenvalue weighted by Gasteiger charge is -2.06.